The summed E-state index contributed by atoms with van der Waals surface area (Å²) in [6.07, 6.45) is 1.67. The number of amides is 1. The van der Waals surface area contributed by atoms with E-state index in [9.17, 15) is 9.59 Å². The number of ether oxygens (including phenoxy) is 2. The third-order valence-corrected chi connectivity index (χ3v) is 3.11. The van der Waals surface area contributed by atoms with Crippen molar-refractivity contribution in [1.29, 1.82) is 0 Å². The molecule has 0 unspecified atom stereocenters. The first-order chi connectivity index (χ1) is 10.6. The van der Waals surface area contributed by atoms with E-state index < -0.39 is 0 Å². The van der Waals surface area contributed by atoms with Crippen LogP contribution in [0, 0.1) is 0 Å². The number of hydrogen-bond acceptors (Lipinski definition) is 4. The molecule has 0 spiro atoms. The molecule has 0 bridgehead atoms. The lowest BCUT2D eigenvalue weighted by Gasteiger charge is -2.10. The first-order valence-electron chi connectivity index (χ1n) is 6.79. The molecule has 0 aliphatic heterocycles. The minimum Gasteiger partial charge on any atom is -0.493 e. The molecule has 0 fully saturated rings. The maximum Gasteiger partial charge on any atom is 0.258 e. The van der Waals surface area contributed by atoms with Crippen molar-refractivity contribution >= 4 is 5.91 Å². The lowest BCUT2D eigenvalue weighted by molar-refractivity contribution is -0.123. The van der Waals surface area contributed by atoms with Crippen molar-refractivity contribution in [2.75, 3.05) is 13.7 Å². The van der Waals surface area contributed by atoms with Gasteiger partial charge in [-0.25, -0.2) is 0 Å². The molecule has 2 aromatic rings. The molecule has 22 heavy (non-hydrogen) atoms. The number of carbonyl (C=O) groups is 1. The minimum atomic E-state index is -0.309. The molecule has 1 aromatic heterocycles. The third-order valence-electron chi connectivity index (χ3n) is 3.11. The minimum absolute atomic E-state index is 0.131. The highest BCUT2D eigenvalue weighted by molar-refractivity contribution is 5.77. The zero-order valence-electron chi connectivity index (χ0n) is 12.5. The number of aromatic nitrogens is 1. The van der Waals surface area contributed by atoms with Crippen LogP contribution in [0.1, 0.15) is 5.56 Å². The third kappa shape index (κ3) is 3.88. The lowest BCUT2D eigenvalue weighted by atomic mass is 10.3. The molecule has 0 aliphatic carbocycles. The van der Waals surface area contributed by atoms with E-state index in [0.717, 1.165) is 0 Å². The van der Waals surface area contributed by atoms with Gasteiger partial charge in [0.05, 0.1) is 7.11 Å². The highest BCUT2D eigenvalue weighted by Crippen LogP contribution is 2.25. The van der Waals surface area contributed by atoms with E-state index in [1.165, 1.54) is 11.7 Å². The summed E-state index contributed by atoms with van der Waals surface area (Å²) in [5.74, 6) is 0.750. The van der Waals surface area contributed by atoms with Crippen molar-refractivity contribution in [3.63, 3.8) is 0 Å². The quantitative estimate of drug-likeness (QED) is 0.867. The van der Waals surface area contributed by atoms with Gasteiger partial charge in [-0.2, -0.15) is 0 Å². The van der Waals surface area contributed by atoms with Crippen molar-refractivity contribution in [2.45, 2.75) is 6.54 Å². The number of methoxy groups -OCH3 is 1. The zero-order valence-corrected chi connectivity index (χ0v) is 12.5. The number of pyridine rings is 1. The molecule has 1 aromatic carbocycles. The predicted molar refractivity (Wildman–Crippen MR) is 82.0 cm³/mol. The molecule has 0 saturated heterocycles. The number of benzene rings is 1. The molecule has 1 amide bonds. The highest BCUT2D eigenvalue weighted by atomic mass is 16.5. The second-order valence-electron chi connectivity index (χ2n) is 4.67. The SMILES string of the molecule is COc1ccccc1OCC(=O)NCc1cccn(C)c1=O. The van der Waals surface area contributed by atoms with Gasteiger partial charge in [-0.05, 0) is 18.2 Å². The summed E-state index contributed by atoms with van der Waals surface area (Å²) in [5.41, 5.74) is 0.393. The molecule has 0 aliphatic rings. The standard InChI is InChI=1S/C16H18N2O4/c1-18-9-5-6-12(16(18)20)10-17-15(19)11-22-14-8-4-3-7-13(14)21-2/h3-9H,10-11H2,1-2H3,(H,17,19). The normalized spacial score (nSPS) is 10.1. The van der Waals surface area contributed by atoms with E-state index in [2.05, 4.69) is 5.32 Å². The maximum absolute atomic E-state index is 11.8. The Bertz CT molecular complexity index is 709. The summed E-state index contributed by atoms with van der Waals surface area (Å²) in [5, 5.41) is 2.66. The molecular formula is C16H18N2O4. The zero-order chi connectivity index (χ0) is 15.9. The molecule has 0 radical (unpaired) electrons. The van der Waals surface area contributed by atoms with Gasteiger partial charge >= 0.3 is 0 Å². The van der Waals surface area contributed by atoms with Gasteiger partial charge in [0.15, 0.2) is 18.1 Å². The van der Waals surface area contributed by atoms with Gasteiger partial charge in [0.25, 0.3) is 11.5 Å². The van der Waals surface area contributed by atoms with E-state index >= 15 is 0 Å². The van der Waals surface area contributed by atoms with E-state index in [1.807, 2.05) is 6.07 Å². The Labute approximate surface area is 128 Å². The Morgan fingerprint density at radius 3 is 2.64 bits per heavy atom. The second kappa shape index (κ2) is 7.31. The van der Waals surface area contributed by atoms with Crippen molar-refractivity contribution in [3.05, 3.63) is 58.5 Å². The predicted octanol–water partition coefficient (Wildman–Crippen LogP) is 1.09. The molecule has 1 heterocycles. The smallest absolute Gasteiger partial charge is 0.258 e. The van der Waals surface area contributed by atoms with Crippen LogP contribution in [-0.4, -0.2) is 24.2 Å². The van der Waals surface area contributed by atoms with Crippen molar-refractivity contribution in [2.24, 2.45) is 7.05 Å². The number of rotatable bonds is 6. The summed E-state index contributed by atoms with van der Waals surface area (Å²) >= 11 is 0. The number of aryl methyl sites for hydroxylation is 1. The Morgan fingerprint density at radius 2 is 1.91 bits per heavy atom. The molecule has 116 valence electrons. The number of nitrogens with one attached hydrogen (secondary N) is 1. The fourth-order valence-electron chi connectivity index (χ4n) is 1.91. The fourth-order valence-corrected chi connectivity index (χ4v) is 1.91. The summed E-state index contributed by atoms with van der Waals surface area (Å²) in [6.45, 7) is 0.0230. The fraction of sp³-hybridized carbons (Fsp3) is 0.250. The van der Waals surface area contributed by atoms with Gasteiger partial charge in [-0.3, -0.25) is 9.59 Å². The Hall–Kier alpha value is -2.76. The second-order valence-corrected chi connectivity index (χ2v) is 4.67. The highest BCUT2D eigenvalue weighted by Gasteiger charge is 2.08. The monoisotopic (exact) mass is 302 g/mol. The number of nitrogens with zero attached hydrogens (tertiary/aromatic N) is 1. The van der Waals surface area contributed by atoms with Crippen LogP contribution in [0.2, 0.25) is 0 Å². The number of carbonyl (C=O) groups excluding carboxylic acids is 1. The lowest BCUT2D eigenvalue weighted by Crippen LogP contribution is -2.31. The van der Waals surface area contributed by atoms with Crippen LogP contribution >= 0.6 is 0 Å². The molecule has 1 N–H and O–H groups in total. The average Bonchev–Trinajstić information content (AvgIpc) is 2.54. The van der Waals surface area contributed by atoms with Gasteiger partial charge in [0.1, 0.15) is 0 Å². The van der Waals surface area contributed by atoms with Crippen molar-refractivity contribution in [3.8, 4) is 11.5 Å². The summed E-state index contributed by atoms with van der Waals surface area (Å²) in [7, 11) is 3.20. The van der Waals surface area contributed by atoms with Crippen LogP contribution < -0.4 is 20.3 Å². The van der Waals surface area contributed by atoms with Crippen LogP contribution in [0.3, 0.4) is 0 Å². The van der Waals surface area contributed by atoms with E-state index in [4.69, 9.17) is 9.47 Å². The largest absolute Gasteiger partial charge is 0.493 e. The first kappa shape index (κ1) is 15.6. The average molecular weight is 302 g/mol. The Balaban J connectivity index is 1.88. The van der Waals surface area contributed by atoms with Crippen molar-refractivity contribution in [1.82, 2.24) is 9.88 Å². The van der Waals surface area contributed by atoms with Crippen LogP contribution in [0.4, 0.5) is 0 Å². The number of para-hydroxylation sites is 2. The van der Waals surface area contributed by atoms with Crippen LogP contribution in [0.5, 0.6) is 11.5 Å². The van der Waals surface area contributed by atoms with Crippen LogP contribution in [0.15, 0.2) is 47.4 Å². The maximum atomic E-state index is 11.8. The number of hydrogen-bond donors (Lipinski definition) is 1. The van der Waals surface area contributed by atoms with Gasteiger partial charge in [0, 0.05) is 25.4 Å². The van der Waals surface area contributed by atoms with Gasteiger partial charge < -0.3 is 19.4 Å². The van der Waals surface area contributed by atoms with Crippen LogP contribution in [-0.2, 0) is 18.4 Å². The molecule has 0 saturated carbocycles. The van der Waals surface area contributed by atoms with E-state index in [-0.39, 0.29) is 24.6 Å². The molecule has 0 atom stereocenters. The van der Waals surface area contributed by atoms with Gasteiger partial charge in [-0.15, -0.1) is 0 Å². The molecule has 6 nitrogen and oxygen atoms in total. The summed E-state index contributed by atoms with van der Waals surface area (Å²) < 4.78 is 12.0. The molecule has 6 heteroatoms. The summed E-state index contributed by atoms with van der Waals surface area (Å²) in [4.78, 5) is 23.6. The summed E-state index contributed by atoms with van der Waals surface area (Å²) in [6, 6.07) is 10.5. The van der Waals surface area contributed by atoms with Gasteiger partial charge in [-0.1, -0.05) is 18.2 Å². The van der Waals surface area contributed by atoms with Crippen molar-refractivity contribution < 1.29 is 14.3 Å². The van der Waals surface area contributed by atoms with Gasteiger partial charge in [0.2, 0.25) is 0 Å². The first-order valence-corrected chi connectivity index (χ1v) is 6.79. The Kier molecular flexibility index (Phi) is 5.19. The topological polar surface area (TPSA) is 69.6 Å². The van der Waals surface area contributed by atoms with E-state index in [0.29, 0.717) is 17.1 Å². The Morgan fingerprint density at radius 1 is 1.18 bits per heavy atom. The molecular weight excluding hydrogens is 284 g/mol. The van der Waals surface area contributed by atoms with Crippen LogP contribution in [0.25, 0.3) is 0 Å². The van der Waals surface area contributed by atoms with E-state index in [1.54, 1.807) is 43.6 Å². The molecule has 2 rings (SSSR count).